The molecule has 0 saturated heterocycles. The van der Waals surface area contributed by atoms with Crippen LogP contribution in [0.25, 0.3) is 0 Å². The minimum absolute atomic E-state index is 0.0229. The van der Waals surface area contributed by atoms with Crippen LogP contribution in [-0.2, 0) is 20.7 Å². The molecule has 3 aromatic carbocycles. The number of carbonyl (C=O) groups is 2. The van der Waals surface area contributed by atoms with E-state index in [1.807, 2.05) is 84.9 Å². The minimum atomic E-state index is -0.491. The van der Waals surface area contributed by atoms with Crippen LogP contribution in [0, 0.1) is 0 Å². The minimum Gasteiger partial charge on any atom is -0.453 e. The first-order chi connectivity index (χ1) is 14.2. The molecular formula is C25H25NO3. The summed E-state index contributed by atoms with van der Waals surface area (Å²) in [4.78, 5) is 24.6. The molecule has 0 aliphatic heterocycles. The maximum absolute atomic E-state index is 12.4. The second kappa shape index (κ2) is 10.2. The van der Waals surface area contributed by atoms with Crippen molar-refractivity contribution in [3.63, 3.8) is 0 Å². The Bertz CT molecular complexity index is 882. The number of anilines is 1. The molecule has 0 aliphatic rings. The average Bonchev–Trinajstić information content (AvgIpc) is 2.78. The van der Waals surface area contributed by atoms with Gasteiger partial charge in [-0.2, -0.15) is 0 Å². The van der Waals surface area contributed by atoms with E-state index in [1.54, 1.807) is 0 Å². The summed E-state index contributed by atoms with van der Waals surface area (Å²) in [5.41, 5.74) is 3.73. The van der Waals surface area contributed by atoms with Crippen molar-refractivity contribution >= 4 is 17.6 Å². The number of aryl methyl sites for hydroxylation is 1. The molecule has 0 unspecified atom stereocenters. The van der Waals surface area contributed by atoms with Crippen molar-refractivity contribution in [1.82, 2.24) is 0 Å². The van der Waals surface area contributed by atoms with Gasteiger partial charge in [-0.05, 0) is 35.2 Å². The van der Waals surface area contributed by atoms with Crippen molar-refractivity contribution in [3.8, 4) is 0 Å². The Morgan fingerprint density at radius 2 is 1.34 bits per heavy atom. The lowest BCUT2D eigenvalue weighted by molar-refractivity contribution is -0.148. The summed E-state index contributed by atoms with van der Waals surface area (Å²) >= 11 is 0. The normalized spacial score (nSPS) is 10.6. The maximum atomic E-state index is 12.4. The molecule has 0 saturated carbocycles. The number of amides is 1. The van der Waals surface area contributed by atoms with Gasteiger partial charge in [-0.1, -0.05) is 79.7 Å². The lowest BCUT2D eigenvalue weighted by atomic mass is 10.0. The Morgan fingerprint density at radius 1 is 0.793 bits per heavy atom. The van der Waals surface area contributed by atoms with Gasteiger partial charge in [-0.3, -0.25) is 9.59 Å². The Labute approximate surface area is 171 Å². The Kier molecular flexibility index (Phi) is 7.17. The number of carbonyl (C=O) groups excluding carboxylic acids is 2. The summed E-state index contributed by atoms with van der Waals surface area (Å²) in [5, 5.41) is 2.82. The molecular weight excluding hydrogens is 362 g/mol. The van der Waals surface area contributed by atoms with E-state index in [0.717, 1.165) is 23.2 Å². The second-order valence-electron chi connectivity index (χ2n) is 6.79. The van der Waals surface area contributed by atoms with Crippen LogP contribution >= 0.6 is 0 Å². The molecule has 0 bridgehead atoms. The molecule has 29 heavy (non-hydrogen) atoms. The van der Waals surface area contributed by atoms with Crippen LogP contribution in [0.3, 0.4) is 0 Å². The SMILES string of the molecule is CCc1ccc(NC(=O)CCC(=O)OC(c2ccccc2)c2ccccc2)cc1. The molecule has 4 heteroatoms. The standard InChI is InChI=1S/C25H25NO3/c1-2-19-13-15-22(16-14-19)26-23(27)17-18-24(28)29-25(20-9-5-3-6-10-20)21-11-7-4-8-12-21/h3-16,25H,2,17-18H2,1H3,(H,26,27). The molecule has 148 valence electrons. The summed E-state index contributed by atoms with van der Waals surface area (Å²) in [5.74, 6) is -0.610. The Morgan fingerprint density at radius 3 is 1.86 bits per heavy atom. The monoisotopic (exact) mass is 387 g/mol. The van der Waals surface area contributed by atoms with Crippen LogP contribution in [0.1, 0.15) is 42.6 Å². The predicted molar refractivity (Wildman–Crippen MR) is 115 cm³/mol. The highest BCUT2D eigenvalue weighted by Gasteiger charge is 2.19. The zero-order valence-corrected chi connectivity index (χ0v) is 16.5. The first-order valence-electron chi connectivity index (χ1n) is 9.84. The summed E-state index contributed by atoms with van der Waals surface area (Å²) in [6, 6.07) is 26.9. The molecule has 3 rings (SSSR count). The molecule has 0 radical (unpaired) electrons. The zero-order valence-electron chi connectivity index (χ0n) is 16.5. The molecule has 0 heterocycles. The van der Waals surface area contributed by atoms with E-state index in [4.69, 9.17) is 4.74 Å². The fourth-order valence-corrected chi connectivity index (χ4v) is 3.04. The highest BCUT2D eigenvalue weighted by molar-refractivity contribution is 5.92. The van der Waals surface area contributed by atoms with Gasteiger partial charge >= 0.3 is 5.97 Å². The highest BCUT2D eigenvalue weighted by Crippen LogP contribution is 2.26. The summed E-state index contributed by atoms with van der Waals surface area (Å²) in [6.45, 7) is 2.08. The third-order valence-corrected chi connectivity index (χ3v) is 4.66. The summed E-state index contributed by atoms with van der Waals surface area (Å²) in [7, 11) is 0. The number of benzene rings is 3. The van der Waals surface area contributed by atoms with Crippen molar-refractivity contribution in [2.24, 2.45) is 0 Å². The summed E-state index contributed by atoms with van der Waals surface area (Å²) < 4.78 is 5.73. The Hall–Kier alpha value is -3.40. The quantitative estimate of drug-likeness (QED) is 0.534. The van der Waals surface area contributed by atoms with E-state index in [2.05, 4.69) is 12.2 Å². The van der Waals surface area contributed by atoms with Gasteiger partial charge in [0.15, 0.2) is 6.10 Å². The van der Waals surface area contributed by atoms with Crippen molar-refractivity contribution in [1.29, 1.82) is 0 Å². The van der Waals surface area contributed by atoms with Crippen LogP contribution < -0.4 is 5.32 Å². The molecule has 0 aromatic heterocycles. The molecule has 0 atom stereocenters. The van der Waals surface area contributed by atoms with Gasteiger partial charge in [0.1, 0.15) is 0 Å². The summed E-state index contributed by atoms with van der Waals surface area (Å²) in [6.07, 6.45) is 0.554. The van der Waals surface area contributed by atoms with Crippen molar-refractivity contribution < 1.29 is 14.3 Å². The van der Waals surface area contributed by atoms with E-state index < -0.39 is 12.1 Å². The van der Waals surface area contributed by atoms with Crippen LogP contribution in [-0.4, -0.2) is 11.9 Å². The number of hydrogen-bond donors (Lipinski definition) is 1. The lowest BCUT2D eigenvalue weighted by Crippen LogP contribution is -2.17. The Balaban J connectivity index is 1.58. The fraction of sp³-hybridized carbons (Fsp3) is 0.200. The molecule has 0 fully saturated rings. The third kappa shape index (κ3) is 6.04. The van der Waals surface area contributed by atoms with Crippen molar-refractivity contribution in [3.05, 3.63) is 102 Å². The number of ether oxygens (including phenoxy) is 1. The highest BCUT2D eigenvalue weighted by atomic mass is 16.5. The second-order valence-corrected chi connectivity index (χ2v) is 6.79. The number of esters is 1. The van der Waals surface area contributed by atoms with E-state index in [1.165, 1.54) is 5.56 Å². The molecule has 4 nitrogen and oxygen atoms in total. The average molecular weight is 387 g/mol. The largest absolute Gasteiger partial charge is 0.453 e. The van der Waals surface area contributed by atoms with E-state index in [-0.39, 0.29) is 18.7 Å². The molecule has 3 aromatic rings. The predicted octanol–water partition coefficient (Wildman–Crippen LogP) is 5.30. The first kappa shape index (κ1) is 20.3. The molecule has 1 amide bonds. The van der Waals surface area contributed by atoms with Crippen LogP contribution in [0.15, 0.2) is 84.9 Å². The van der Waals surface area contributed by atoms with Gasteiger partial charge < -0.3 is 10.1 Å². The van der Waals surface area contributed by atoms with E-state index in [9.17, 15) is 9.59 Å². The van der Waals surface area contributed by atoms with Crippen molar-refractivity contribution in [2.75, 3.05) is 5.32 Å². The van der Waals surface area contributed by atoms with Gasteiger partial charge in [-0.25, -0.2) is 0 Å². The maximum Gasteiger partial charge on any atom is 0.307 e. The van der Waals surface area contributed by atoms with E-state index >= 15 is 0 Å². The molecule has 1 N–H and O–H groups in total. The zero-order chi connectivity index (χ0) is 20.5. The number of nitrogens with one attached hydrogen (secondary N) is 1. The van der Waals surface area contributed by atoms with Crippen molar-refractivity contribution in [2.45, 2.75) is 32.3 Å². The number of rotatable bonds is 8. The number of hydrogen-bond acceptors (Lipinski definition) is 3. The lowest BCUT2D eigenvalue weighted by Gasteiger charge is -2.19. The van der Waals surface area contributed by atoms with E-state index in [0.29, 0.717) is 0 Å². The van der Waals surface area contributed by atoms with Gasteiger partial charge in [0.05, 0.1) is 6.42 Å². The van der Waals surface area contributed by atoms with Crippen LogP contribution in [0.5, 0.6) is 0 Å². The van der Waals surface area contributed by atoms with Gasteiger partial charge in [0.2, 0.25) is 5.91 Å². The third-order valence-electron chi connectivity index (χ3n) is 4.66. The topological polar surface area (TPSA) is 55.4 Å². The first-order valence-corrected chi connectivity index (χ1v) is 9.84. The van der Waals surface area contributed by atoms with Crippen LogP contribution in [0.4, 0.5) is 5.69 Å². The van der Waals surface area contributed by atoms with Crippen LogP contribution in [0.2, 0.25) is 0 Å². The molecule has 0 aliphatic carbocycles. The smallest absolute Gasteiger partial charge is 0.307 e. The van der Waals surface area contributed by atoms with Gasteiger partial charge in [0, 0.05) is 12.1 Å². The van der Waals surface area contributed by atoms with Gasteiger partial charge in [0.25, 0.3) is 0 Å². The fourth-order valence-electron chi connectivity index (χ4n) is 3.04. The molecule has 0 spiro atoms. The van der Waals surface area contributed by atoms with Gasteiger partial charge in [-0.15, -0.1) is 0 Å².